The lowest BCUT2D eigenvalue weighted by atomic mass is 10.00. The van der Waals surface area contributed by atoms with Crippen molar-refractivity contribution < 1.29 is 0 Å². The van der Waals surface area contributed by atoms with Crippen LogP contribution in [0.3, 0.4) is 0 Å². The number of anilines is 3. The third-order valence-corrected chi connectivity index (χ3v) is 4.67. The van der Waals surface area contributed by atoms with Gasteiger partial charge in [0.05, 0.1) is 0 Å². The van der Waals surface area contributed by atoms with Crippen LogP contribution in [-0.4, -0.2) is 16.5 Å². The fraction of sp³-hybridized carbons (Fsp3) is 0.158. The molecule has 0 spiro atoms. The van der Waals surface area contributed by atoms with Crippen molar-refractivity contribution in [2.75, 3.05) is 16.8 Å². The van der Waals surface area contributed by atoms with Gasteiger partial charge < -0.3 is 10.2 Å². The minimum Gasteiger partial charge on any atom is -0.352 e. The molecule has 0 saturated carbocycles. The molecule has 0 fully saturated rings. The highest BCUT2D eigenvalue weighted by Crippen LogP contribution is 2.26. The number of aromatic nitrogens is 2. The predicted octanol–water partition coefficient (Wildman–Crippen LogP) is 4.55. The highest BCUT2D eigenvalue weighted by Gasteiger charge is 2.18. The van der Waals surface area contributed by atoms with Gasteiger partial charge in [-0.05, 0) is 47.9 Å². The fourth-order valence-electron chi connectivity index (χ4n) is 2.96. The first-order valence-corrected chi connectivity index (χ1v) is 8.74. The number of para-hydroxylation sites is 1. The van der Waals surface area contributed by atoms with Crippen LogP contribution in [-0.2, 0) is 13.0 Å². The van der Waals surface area contributed by atoms with E-state index in [1.807, 2.05) is 42.6 Å². The monoisotopic (exact) mass is 380 g/mol. The number of rotatable bonds is 3. The van der Waals surface area contributed by atoms with E-state index in [0.717, 1.165) is 35.5 Å². The number of halogens is 1. The van der Waals surface area contributed by atoms with E-state index < -0.39 is 0 Å². The van der Waals surface area contributed by atoms with Gasteiger partial charge in [-0.2, -0.15) is 4.98 Å². The first-order chi connectivity index (χ1) is 11.8. The first kappa shape index (κ1) is 15.1. The third-order valence-electron chi connectivity index (χ3n) is 4.18. The molecule has 24 heavy (non-hydrogen) atoms. The van der Waals surface area contributed by atoms with Crippen molar-refractivity contribution >= 4 is 33.4 Å². The highest BCUT2D eigenvalue weighted by atomic mass is 79.9. The number of nitrogens with zero attached hydrogens (tertiary/aromatic N) is 3. The summed E-state index contributed by atoms with van der Waals surface area (Å²) >= 11 is 3.56. The summed E-state index contributed by atoms with van der Waals surface area (Å²) in [6.45, 7) is 1.84. The van der Waals surface area contributed by atoms with Crippen LogP contribution < -0.4 is 10.2 Å². The molecule has 0 saturated heterocycles. The zero-order valence-corrected chi connectivity index (χ0v) is 14.7. The maximum absolute atomic E-state index is 4.68. The van der Waals surface area contributed by atoms with Crippen molar-refractivity contribution in [3.8, 4) is 0 Å². The number of fused-ring (bicyclic) bond motifs is 1. The first-order valence-electron chi connectivity index (χ1n) is 7.95. The van der Waals surface area contributed by atoms with E-state index in [1.165, 1.54) is 11.1 Å². The van der Waals surface area contributed by atoms with Gasteiger partial charge in [0.2, 0.25) is 5.95 Å². The number of hydrogen-bond donors (Lipinski definition) is 1. The van der Waals surface area contributed by atoms with Crippen LogP contribution in [0, 0.1) is 0 Å². The van der Waals surface area contributed by atoms with Gasteiger partial charge in [-0.3, -0.25) is 0 Å². The Bertz CT molecular complexity index is 851. The summed E-state index contributed by atoms with van der Waals surface area (Å²) in [5, 5.41) is 3.26. The third kappa shape index (κ3) is 3.26. The van der Waals surface area contributed by atoms with Crippen LogP contribution in [0.15, 0.2) is 65.3 Å². The maximum Gasteiger partial charge on any atom is 0.229 e. The molecule has 0 aliphatic carbocycles. The lowest BCUT2D eigenvalue weighted by Gasteiger charge is -2.30. The zero-order valence-electron chi connectivity index (χ0n) is 13.1. The van der Waals surface area contributed by atoms with Gasteiger partial charge in [0.15, 0.2) is 0 Å². The summed E-state index contributed by atoms with van der Waals surface area (Å²) in [6.07, 6.45) is 2.85. The molecule has 1 aromatic heterocycles. The summed E-state index contributed by atoms with van der Waals surface area (Å²) < 4.78 is 1.12. The van der Waals surface area contributed by atoms with Crippen molar-refractivity contribution in [3.63, 3.8) is 0 Å². The van der Waals surface area contributed by atoms with E-state index in [9.17, 15) is 0 Å². The lowest BCUT2D eigenvalue weighted by molar-refractivity contribution is 0.719. The van der Waals surface area contributed by atoms with Crippen LogP contribution in [0.1, 0.15) is 11.1 Å². The summed E-state index contributed by atoms with van der Waals surface area (Å²) in [5.41, 5.74) is 3.76. The molecule has 2 aromatic carbocycles. The van der Waals surface area contributed by atoms with E-state index in [4.69, 9.17) is 0 Å². The fourth-order valence-corrected chi connectivity index (χ4v) is 3.37. The minimum absolute atomic E-state index is 0.624. The highest BCUT2D eigenvalue weighted by molar-refractivity contribution is 9.10. The van der Waals surface area contributed by atoms with Gasteiger partial charge in [-0.1, -0.05) is 40.2 Å². The molecule has 1 aliphatic rings. The topological polar surface area (TPSA) is 41.1 Å². The summed E-state index contributed by atoms with van der Waals surface area (Å²) in [5.74, 6) is 1.58. The molecule has 0 radical (unpaired) electrons. The molecular weight excluding hydrogens is 364 g/mol. The maximum atomic E-state index is 4.68. The Hall–Kier alpha value is -2.40. The number of nitrogens with one attached hydrogen (secondary N) is 1. The van der Waals surface area contributed by atoms with Crippen molar-refractivity contribution in [3.05, 3.63) is 76.4 Å². The van der Waals surface area contributed by atoms with Crippen LogP contribution in [0.2, 0.25) is 0 Å². The molecule has 4 rings (SSSR count). The molecular formula is C19H17BrN4. The lowest BCUT2D eigenvalue weighted by Crippen LogP contribution is -2.31. The van der Waals surface area contributed by atoms with Gasteiger partial charge in [-0.15, -0.1) is 0 Å². The summed E-state index contributed by atoms with van der Waals surface area (Å²) in [4.78, 5) is 11.3. The molecule has 3 aromatic rings. The van der Waals surface area contributed by atoms with Gasteiger partial charge in [0.1, 0.15) is 5.82 Å². The molecule has 5 heteroatoms. The van der Waals surface area contributed by atoms with Crippen LogP contribution in [0.25, 0.3) is 0 Å². The largest absolute Gasteiger partial charge is 0.352 e. The van der Waals surface area contributed by atoms with Crippen LogP contribution in [0.4, 0.5) is 17.5 Å². The number of benzene rings is 2. The van der Waals surface area contributed by atoms with Crippen LogP contribution in [0.5, 0.6) is 0 Å². The predicted molar refractivity (Wildman–Crippen MR) is 101 cm³/mol. The normalized spacial score (nSPS) is 13.5. The molecule has 0 bridgehead atoms. The molecule has 2 heterocycles. The zero-order chi connectivity index (χ0) is 16.4. The molecule has 0 amide bonds. The van der Waals surface area contributed by atoms with Gasteiger partial charge in [0, 0.05) is 29.4 Å². The van der Waals surface area contributed by atoms with Crippen molar-refractivity contribution in [2.45, 2.75) is 13.0 Å². The van der Waals surface area contributed by atoms with Gasteiger partial charge in [-0.25, -0.2) is 4.98 Å². The van der Waals surface area contributed by atoms with Crippen LogP contribution >= 0.6 is 15.9 Å². The summed E-state index contributed by atoms with van der Waals surface area (Å²) in [6, 6.07) is 18.5. The molecule has 120 valence electrons. The standard InChI is InChI=1S/C19H17BrN4/c20-16-7-6-14-9-11-24(13-15(14)12-16)18-8-10-21-19(23-18)22-17-4-2-1-3-5-17/h1-8,10,12H,9,11,13H2,(H,21,22,23). The Morgan fingerprint density at radius 2 is 1.88 bits per heavy atom. The van der Waals surface area contributed by atoms with E-state index in [2.05, 4.69) is 54.3 Å². The van der Waals surface area contributed by atoms with E-state index in [0.29, 0.717) is 5.95 Å². The smallest absolute Gasteiger partial charge is 0.229 e. The quantitative estimate of drug-likeness (QED) is 0.723. The Morgan fingerprint density at radius 1 is 1.00 bits per heavy atom. The molecule has 4 nitrogen and oxygen atoms in total. The second-order valence-electron chi connectivity index (χ2n) is 5.81. The molecule has 0 atom stereocenters. The second-order valence-corrected chi connectivity index (χ2v) is 6.73. The SMILES string of the molecule is Brc1ccc2c(c1)CN(c1ccnc(Nc3ccccc3)n1)CC2. The van der Waals surface area contributed by atoms with E-state index in [-0.39, 0.29) is 0 Å². The Balaban J connectivity index is 1.56. The molecule has 0 unspecified atom stereocenters. The average Bonchev–Trinajstić information content (AvgIpc) is 2.62. The summed E-state index contributed by atoms with van der Waals surface area (Å²) in [7, 11) is 0. The minimum atomic E-state index is 0.624. The van der Waals surface area contributed by atoms with Crippen molar-refractivity contribution in [2.24, 2.45) is 0 Å². The van der Waals surface area contributed by atoms with Crippen molar-refractivity contribution in [1.82, 2.24) is 9.97 Å². The number of hydrogen-bond acceptors (Lipinski definition) is 4. The van der Waals surface area contributed by atoms with E-state index >= 15 is 0 Å². The second kappa shape index (κ2) is 6.61. The van der Waals surface area contributed by atoms with Gasteiger partial charge in [0.25, 0.3) is 0 Å². The molecule has 1 aliphatic heterocycles. The van der Waals surface area contributed by atoms with Gasteiger partial charge >= 0.3 is 0 Å². The Kier molecular flexibility index (Phi) is 4.17. The van der Waals surface area contributed by atoms with E-state index in [1.54, 1.807) is 0 Å². The Morgan fingerprint density at radius 3 is 2.75 bits per heavy atom. The Labute approximate surface area is 149 Å². The molecule has 1 N–H and O–H groups in total. The average molecular weight is 381 g/mol. The van der Waals surface area contributed by atoms with Crippen molar-refractivity contribution in [1.29, 1.82) is 0 Å².